The van der Waals surface area contributed by atoms with Gasteiger partial charge in [0.2, 0.25) is 33.3 Å². The lowest BCUT2D eigenvalue weighted by molar-refractivity contribution is -0.244. The molecule has 3 fully saturated rings. The first-order valence-electron chi connectivity index (χ1n) is 22.4. The molecule has 4 aliphatic rings. The highest BCUT2D eigenvalue weighted by atomic mass is 32.2. The van der Waals surface area contributed by atoms with E-state index in [1.54, 1.807) is 43.3 Å². The van der Waals surface area contributed by atoms with Gasteiger partial charge in [-0.3, -0.25) is 19.1 Å². The predicted molar refractivity (Wildman–Crippen MR) is 238 cm³/mol. The van der Waals surface area contributed by atoms with Gasteiger partial charge < -0.3 is 34.5 Å². The molecule has 0 radical (unpaired) electrons. The van der Waals surface area contributed by atoms with Crippen LogP contribution in [0.3, 0.4) is 0 Å². The first kappa shape index (κ1) is 49.3. The molecule has 2 aromatic carbocycles. The van der Waals surface area contributed by atoms with Gasteiger partial charge in [-0.05, 0) is 126 Å². The summed E-state index contributed by atoms with van der Waals surface area (Å²) in [6.45, 7) is 8.36. The number of carbonyl (C=O) groups is 4. The highest BCUT2D eigenvalue weighted by Crippen LogP contribution is 2.46. The van der Waals surface area contributed by atoms with Crippen LogP contribution in [0.2, 0.25) is 0 Å². The van der Waals surface area contributed by atoms with Crippen molar-refractivity contribution in [2.75, 3.05) is 13.7 Å². The van der Waals surface area contributed by atoms with E-state index in [0.717, 1.165) is 4.90 Å². The van der Waals surface area contributed by atoms with Gasteiger partial charge in [0.15, 0.2) is 11.6 Å². The van der Waals surface area contributed by atoms with Gasteiger partial charge in [0.25, 0.3) is 5.91 Å². The van der Waals surface area contributed by atoms with Gasteiger partial charge in [-0.25, -0.2) is 22.6 Å². The summed E-state index contributed by atoms with van der Waals surface area (Å²) in [5.41, 5.74) is -3.59. The predicted octanol–water partition coefficient (Wildman–Crippen LogP) is 7.12. The number of alkyl halides is 3. The number of fused-ring (bicyclic) bond motifs is 3. The molecular weight excluding hydrogens is 903 g/mol. The SMILES string of the molecule is COc1cc2cc(-c3ccc(OC(C)C)cc3)nc(O[C@@H]3C[C@H]4C(=O)N[C@]5(C(=O)NS(=O)(=O)C6CC6)C[C@H]5/C=C\CC[C@@H](C)C[C@@H](C)[C@H](NC(=O)OC(C)(C)C(F)(F)F)C(=O)N4C3)c2cc1F. The van der Waals surface area contributed by atoms with Crippen LogP contribution in [0.15, 0.2) is 54.6 Å². The molecule has 1 aromatic heterocycles. The lowest BCUT2D eigenvalue weighted by atomic mass is 9.88. The van der Waals surface area contributed by atoms with E-state index in [-0.39, 0.29) is 48.4 Å². The zero-order valence-electron chi connectivity index (χ0n) is 38.4. The molecule has 7 atom stereocenters. The minimum atomic E-state index is -4.96. The number of allylic oxidation sites excluding steroid dienone is 1. The van der Waals surface area contributed by atoms with Gasteiger partial charge in [0.1, 0.15) is 29.5 Å². The second-order valence-corrected chi connectivity index (χ2v) is 20.9. The molecule has 364 valence electrons. The lowest BCUT2D eigenvalue weighted by Gasteiger charge is -2.34. The number of halogens is 4. The molecule has 7 rings (SSSR count). The Balaban J connectivity index is 1.27. The minimum Gasteiger partial charge on any atom is -0.494 e. The number of pyridine rings is 1. The van der Waals surface area contributed by atoms with Crippen LogP contribution in [0.5, 0.6) is 17.4 Å². The number of ether oxygens (including phenoxy) is 4. The van der Waals surface area contributed by atoms with Crippen LogP contribution in [-0.4, -0.2) is 103 Å². The average molecular weight is 960 g/mol. The summed E-state index contributed by atoms with van der Waals surface area (Å²) in [4.78, 5) is 62.9. The maximum Gasteiger partial charge on any atom is 0.427 e. The number of alkyl carbamates (subject to hydrolysis) is 1. The molecule has 0 unspecified atom stereocenters. The number of nitrogens with one attached hydrogen (secondary N) is 3. The number of aromatic nitrogens is 1. The van der Waals surface area contributed by atoms with E-state index in [4.69, 9.17) is 23.9 Å². The molecule has 1 saturated heterocycles. The lowest BCUT2D eigenvalue weighted by Crippen LogP contribution is -2.59. The Bertz CT molecular complexity index is 2530. The molecule has 4 amide bonds. The fourth-order valence-electron chi connectivity index (χ4n) is 8.70. The quantitative estimate of drug-likeness (QED) is 0.131. The van der Waals surface area contributed by atoms with E-state index in [1.807, 2.05) is 26.8 Å². The van der Waals surface area contributed by atoms with Gasteiger partial charge in [0.05, 0.1) is 30.7 Å². The first-order valence-corrected chi connectivity index (χ1v) is 24.0. The summed E-state index contributed by atoms with van der Waals surface area (Å²) in [7, 11) is -2.72. The molecule has 3 heterocycles. The number of rotatable bonds is 11. The van der Waals surface area contributed by atoms with Crippen molar-refractivity contribution in [3.63, 3.8) is 0 Å². The molecular formula is C47H57F4N5O10S. The van der Waals surface area contributed by atoms with Gasteiger partial charge in [-0.2, -0.15) is 13.2 Å². The smallest absolute Gasteiger partial charge is 0.427 e. The number of carbonyl (C=O) groups excluding carboxylic acids is 4. The Morgan fingerprint density at radius 2 is 1.72 bits per heavy atom. The monoisotopic (exact) mass is 959 g/mol. The van der Waals surface area contributed by atoms with Crippen LogP contribution in [0.1, 0.15) is 86.5 Å². The number of benzene rings is 2. The molecule has 2 saturated carbocycles. The molecule has 15 nitrogen and oxygen atoms in total. The molecule has 67 heavy (non-hydrogen) atoms. The molecule has 3 N–H and O–H groups in total. The minimum absolute atomic E-state index is 0.0550. The molecule has 2 aliphatic carbocycles. The Hall–Kier alpha value is -5.66. The maximum absolute atomic E-state index is 15.4. The van der Waals surface area contributed by atoms with Crippen molar-refractivity contribution in [1.29, 1.82) is 0 Å². The fourth-order valence-corrected chi connectivity index (χ4v) is 10.1. The summed E-state index contributed by atoms with van der Waals surface area (Å²) >= 11 is 0. The van der Waals surface area contributed by atoms with Crippen molar-refractivity contribution in [3.05, 3.63) is 60.4 Å². The fraction of sp³-hybridized carbons (Fsp3) is 0.553. The standard InChI is InChI=1S/C47H57F4N5O10S/c1-25(2)64-31-14-12-28(13-15-31)36-19-29-20-38(63-7)35(48)22-34(29)41(52-36)65-32-21-37-40(57)54-46(43(59)55-67(61,62)33-16-17-33)23-30(46)11-9-8-10-26(3)18-27(4)39(42(58)56(37)24-32)53-44(60)66-45(5,6)47(49,50)51/h9,11-15,19-20,22,25-27,30,32-33,37,39H,8,10,16-18,21,23-24H2,1-7H3,(H,53,60)(H,54,57)(H,55,59)/b11-9-/t26-,27-,30-,32-,37+,39+,46-/m1/s1. The Morgan fingerprint density at radius 1 is 1.01 bits per heavy atom. The molecule has 2 aliphatic heterocycles. The van der Waals surface area contributed by atoms with Crippen molar-refractivity contribution < 1.29 is 64.1 Å². The average Bonchev–Trinajstić information content (AvgIpc) is 4.17. The summed E-state index contributed by atoms with van der Waals surface area (Å²) < 4.78 is 108. The van der Waals surface area contributed by atoms with Crippen molar-refractivity contribution in [2.45, 2.75) is 133 Å². The van der Waals surface area contributed by atoms with Crippen LogP contribution in [0, 0.1) is 23.6 Å². The van der Waals surface area contributed by atoms with E-state index in [1.165, 1.54) is 19.2 Å². The van der Waals surface area contributed by atoms with Gasteiger partial charge in [-0.15, -0.1) is 0 Å². The maximum atomic E-state index is 15.4. The van der Waals surface area contributed by atoms with Crippen molar-refractivity contribution in [1.82, 2.24) is 25.2 Å². The largest absolute Gasteiger partial charge is 0.494 e. The molecule has 0 spiro atoms. The van der Waals surface area contributed by atoms with Crippen LogP contribution >= 0.6 is 0 Å². The summed E-state index contributed by atoms with van der Waals surface area (Å²) in [5, 5.41) is 5.10. The number of methoxy groups -OCH3 is 1. The van der Waals surface area contributed by atoms with E-state index in [9.17, 15) is 40.8 Å². The zero-order valence-corrected chi connectivity index (χ0v) is 39.2. The highest BCUT2D eigenvalue weighted by Gasteiger charge is 2.62. The van der Waals surface area contributed by atoms with Crippen LogP contribution in [0.4, 0.5) is 22.4 Å². The molecule has 3 aromatic rings. The topological polar surface area (TPSA) is 192 Å². The molecule has 0 bridgehead atoms. The third kappa shape index (κ3) is 10.9. The summed E-state index contributed by atoms with van der Waals surface area (Å²) in [6, 6.07) is 8.50. The normalized spacial score (nSPS) is 26.6. The third-order valence-corrected chi connectivity index (χ3v) is 14.6. The van der Waals surface area contributed by atoms with E-state index < -0.39 is 92.2 Å². The second kappa shape index (κ2) is 18.8. The summed E-state index contributed by atoms with van der Waals surface area (Å²) in [5.74, 6) is -4.26. The van der Waals surface area contributed by atoms with Crippen LogP contribution in [0.25, 0.3) is 22.0 Å². The van der Waals surface area contributed by atoms with Crippen molar-refractivity contribution >= 4 is 44.6 Å². The van der Waals surface area contributed by atoms with Crippen LogP contribution in [-0.2, 0) is 29.1 Å². The number of sulfonamides is 1. The van der Waals surface area contributed by atoms with E-state index >= 15 is 4.39 Å². The number of hydrogen-bond acceptors (Lipinski definition) is 11. The first-order chi connectivity index (χ1) is 31.4. The van der Waals surface area contributed by atoms with E-state index in [2.05, 4.69) is 15.4 Å². The zero-order chi connectivity index (χ0) is 48.8. The number of nitrogens with zero attached hydrogens (tertiary/aromatic N) is 2. The van der Waals surface area contributed by atoms with Crippen molar-refractivity contribution in [3.8, 4) is 28.6 Å². The Morgan fingerprint density at radius 3 is 2.36 bits per heavy atom. The van der Waals surface area contributed by atoms with Gasteiger partial charge >= 0.3 is 12.3 Å². The highest BCUT2D eigenvalue weighted by molar-refractivity contribution is 7.91. The second-order valence-electron chi connectivity index (χ2n) is 19.0. The third-order valence-electron chi connectivity index (χ3n) is 12.8. The van der Waals surface area contributed by atoms with Crippen molar-refractivity contribution in [2.24, 2.45) is 17.8 Å². The summed E-state index contributed by atoms with van der Waals surface area (Å²) in [6.07, 6.45) is -2.04. The van der Waals surface area contributed by atoms with E-state index in [0.29, 0.717) is 68.3 Å². The van der Waals surface area contributed by atoms with Gasteiger partial charge in [-0.1, -0.05) is 26.0 Å². The Labute approximate surface area is 386 Å². The van der Waals surface area contributed by atoms with Gasteiger partial charge in [0, 0.05) is 23.3 Å². The molecule has 20 heteroatoms. The van der Waals surface area contributed by atoms with Crippen LogP contribution < -0.4 is 29.6 Å². The number of amides is 4. The number of hydrogen-bond donors (Lipinski definition) is 3. The Kier molecular flexibility index (Phi) is 13.8.